The molecule has 4 nitrogen and oxygen atoms in total. The van der Waals surface area contributed by atoms with Crippen LogP contribution in [0.25, 0.3) is 66.4 Å². The minimum atomic E-state index is 0. The van der Waals surface area contributed by atoms with Gasteiger partial charge in [0, 0.05) is 39.2 Å². The number of fused-ring (bicyclic) bond motifs is 3. The Morgan fingerprint density at radius 3 is 1.69 bits per heavy atom. The van der Waals surface area contributed by atoms with Gasteiger partial charge in [0.25, 0.3) is 0 Å². The van der Waals surface area contributed by atoms with E-state index in [1.165, 1.54) is 0 Å². The van der Waals surface area contributed by atoms with Crippen molar-refractivity contribution in [3.05, 3.63) is 134 Å². The normalized spacial score (nSPS) is 10.7. The summed E-state index contributed by atoms with van der Waals surface area (Å²) in [6, 6.07) is 41.1. The Hall–Kier alpha value is -4.10. The van der Waals surface area contributed by atoms with Crippen molar-refractivity contribution in [1.29, 1.82) is 0 Å². The van der Waals surface area contributed by atoms with Gasteiger partial charge in [-0.3, -0.25) is 4.98 Å². The third-order valence-electron chi connectivity index (χ3n) is 7.31. The number of pyridine rings is 2. The molecule has 2 aromatic heterocycles. The van der Waals surface area contributed by atoms with Crippen LogP contribution in [0.4, 0.5) is 0 Å². The molecular weight excluding hydrogens is 883 g/mol. The van der Waals surface area contributed by atoms with Crippen LogP contribution in [0.2, 0.25) is 0 Å². The summed E-state index contributed by atoms with van der Waals surface area (Å²) in [6.07, 6.45) is 1.78. The number of aromatic hydroxyl groups is 2. The van der Waals surface area contributed by atoms with Crippen LogP contribution in [0, 0.1) is 0 Å². The number of para-hydroxylation sites is 2. The average molecular weight is 907 g/mol. The van der Waals surface area contributed by atoms with Gasteiger partial charge in [-0.2, -0.15) is 0 Å². The predicted molar refractivity (Wildman–Crippen MR) is 162 cm³/mol. The van der Waals surface area contributed by atoms with E-state index in [4.69, 9.17) is 9.97 Å². The van der Waals surface area contributed by atoms with Gasteiger partial charge in [0.1, 0.15) is 11.5 Å². The Bertz CT molecular complexity index is 2030. The molecule has 0 unspecified atom stereocenters. The molecular formula is C36H24N2O2Pt2+4. The Kier molecular flexibility index (Phi) is 8.68. The van der Waals surface area contributed by atoms with Crippen LogP contribution in [-0.2, 0) is 42.1 Å². The molecule has 0 radical (unpaired) electrons. The molecule has 0 spiro atoms. The van der Waals surface area contributed by atoms with Gasteiger partial charge in [0.2, 0.25) is 0 Å². The van der Waals surface area contributed by atoms with Gasteiger partial charge in [0.05, 0.1) is 16.7 Å². The fraction of sp³-hybridized carbons (Fsp3) is 0. The van der Waals surface area contributed by atoms with Gasteiger partial charge < -0.3 is 10.2 Å². The number of rotatable bonds is 4. The van der Waals surface area contributed by atoms with E-state index < -0.39 is 0 Å². The zero-order chi connectivity index (χ0) is 27.1. The Morgan fingerprint density at radius 1 is 0.476 bits per heavy atom. The van der Waals surface area contributed by atoms with E-state index in [9.17, 15) is 10.2 Å². The second-order valence-corrected chi connectivity index (χ2v) is 9.70. The summed E-state index contributed by atoms with van der Waals surface area (Å²) in [4.78, 5) is 10.1. The summed E-state index contributed by atoms with van der Waals surface area (Å²) in [7, 11) is 0. The van der Waals surface area contributed by atoms with Crippen LogP contribution in [0.1, 0.15) is 0 Å². The van der Waals surface area contributed by atoms with Crippen molar-refractivity contribution in [2.45, 2.75) is 0 Å². The quantitative estimate of drug-likeness (QED) is 0.174. The van der Waals surface area contributed by atoms with E-state index >= 15 is 0 Å². The van der Waals surface area contributed by atoms with Crippen molar-refractivity contribution < 1.29 is 52.3 Å². The van der Waals surface area contributed by atoms with Crippen LogP contribution in [0.15, 0.2) is 134 Å². The van der Waals surface area contributed by atoms with E-state index in [1.807, 2.05) is 72.8 Å². The predicted octanol–water partition coefficient (Wildman–Crippen LogP) is 8.86. The summed E-state index contributed by atoms with van der Waals surface area (Å²) in [5.74, 6) is 0.249. The summed E-state index contributed by atoms with van der Waals surface area (Å²) in [6.45, 7) is 0. The molecule has 0 atom stereocenters. The molecule has 0 fully saturated rings. The Labute approximate surface area is 272 Å². The van der Waals surface area contributed by atoms with Crippen molar-refractivity contribution in [1.82, 2.24) is 9.97 Å². The topological polar surface area (TPSA) is 66.2 Å². The van der Waals surface area contributed by atoms with Gasteiger partial charge in [-0.25, -0.2) is 4.98 Å². The van der Waals surface area contributed by atoms with Crippen LogP contribution in [-0.4, -0.2) is 20.2 Å². The first-order valence-corrected chi connectivity index (χ1v) is 13.1. The van der Waals surface area contributed by atoms with E-state index in [-0.39, 0.29) is 53.6 Å². The molecule has 42 heavy (non-hydrogen) atoms. The molecule has 206 valence electrons. The van der Waals surface area contributed by atoms with E-state index in [1.54, 1.807) is 24.4 Å². The van der Waals surface area contributed by atoms with Crippen LogP contribution in [0.5, 0.6) is 11.5 Å². The summed E-state index contributed by atoms with van der Waals surface area (Å²) in [5.41, 5.74) is 7.98. The second kappa shape index (κ2) is 12.4. The van der Waals surface area contributed by atoms with E-state index in [0.717, 1.165) is 49.6 Å². The molecule has 7 aromatic rings. The van der Waals surface area contributed by atoms with Gasteiger partial charge >= 0.3 is 42.1 Å². The number of nitrogens with zero attached hydrogens (tertiary/aromatic N) is 2. The second-order valence-electron chi connectivity index (χ2n) is 9.70. The largest absolute Gasteiger partial charge is 2.00 e. The van der Waals surface area contributed by atoms with E-state index in [2.05, 4.69) is 36.4 Å². The maximum Gasteiger partial charge on any atom is 2.00 e. The monoisotopic (exact) mass is 906 g/mol. The Balaban J connectivity index is 0.00000176. The number of benzene rings is 5. The maximum absolute atomic E-state index is 11.2. The summed E-state index contributed by atoms with van der Waals surface area (Å²) in [5, 5.41) is 24.2. The zero-order valence-electron chi connectivity index (χ0n) is 22.1. The first kappa shape index (κ1) is 29.4. The maximum atomic E-state index is 11.2. The molecule has 2 heterocycles. The molecule has 5 aromatic carbocycles. The van der Waals surface area contributed by atoms with Crippen LogP contribution in [0.3, 0.4) is 0 Å². The summed E-state index contributed by atoms with van der Waals surface area (Å²) < 4.78 is 0. The molecule has 0 saturated heterocycles. The first-order valence-electron chi connectivity index (χ1n) is 13.1. The van der Waals surface area contributed by atoms with Gasteiger partial charge in [-0.05, 0) is 47.0 Å². The SMILES string of the molecule is Oc1ccccc1-c1nc2c(c(-c3ccccc3)cc3cccnc32)c(-c2ccccc2)c1-c1ccccc1O.[Pt+2].[Pt+2]. The third-order valence-corrected chi connectivity index (χ3v) is 7.31. The van der Waals surface area contributed by atoms with Crippen LogP contribution < -0.4 is 0 Å². The molecule has 6 heteroatoms. The molecule has 0 aliphatic rings. The van der Waals surface area contributed by atoms with E-state index in [0.29, 0.717) is 16.8 Å². The summed E-state index contributed by atoms with van der Waals surface area (Å²) >= 11 is 0. The fourth-order valence-corrected chi connectivity index (χ4v) is 5.53. The molecule has 0 amide bonds. The number of aromatic nitrogens is 2. The van der Waals surface area contributed by atoms with Gasteiger partial charge in [0.15, 0.2) is 0 Å². The number of phenolic OH excluding ortho intramolecular Hbond substituents is 2. The van der Waals surface area contributed by atoms with Gasteiger partial charge in [-0.15, -0.1) is 0 Å². The molecule has 2 N–H and O–H groups in total. The van der Waals surface area contributed by atoms with Crippen molar-refractivity contribution >= 4 is 21.8 Å². The minimum Gasteiger partial charge on any atom is -0.507 e. The smallest absolute Gasteiger partial charge is 0.507 e. The molecule has 0 aliphatic heterocycles. The molecule has 0 bridgehead atoms. The number of phenols is 2. The molecule has 0 aliphatic carbocycles. The first-order chi connectivity index (χ1) is 19.7. The van der Waals surface area contributed by atoms with Crippen molar-refractivity contribution in [3.63, 3.8) is 0 Å². The number of hydrogen-bond acceptors (Lipinski definition) is 4. The van der Waals surface area contributed by atoms with Crippen molar-refractivity contribution in [2.75, 3.05) is 0 Å². The Morgan fingerprint density at radius 2 is 1.05 bits per heavy atom. The fourth-order valence-electron chi connectivity index (χ4n) is 5.53. The van der Waals surface area contributed by atoms with Crippen molar-refractivity contribution in [3.8, 4) is 56.1 Å². The standard InChI is InChI=1S/C36H24N2O2.2Pt/c39-29-19-9-7-17-26(29)32-31(24-14-5-2-6-15-24)33-28(23-12-3-1-4-13-23)22-25-16-11-21-37-34(25)36(33)38-35(32)27-18-8-10-20-30(27)40;;/h1-22,39-40H;;/q;2*+2. The van der Waals surface area contributed by atoms with Gasteiger partial charge in [-0.1, -0.05) is 97.1 Å². The van der Waals surface area contributed by atoms with Crippen molar-refractivity contribution in [2.24, 2.45) is 0 Å². The zero-order valence-corrected chi connectivity index (χ0v) is 26.7. The molecule has 7 rings (SSSR count). The third kappa shape index (κ3) is 5.07. The average Bonchev–Trinajstić information content (AvgIpc) is 3.01. The van der Waals surface area contributed by atoms with Crippen LogP contribution >= 0.6 is 0 Å². The number of hydrogen-bond donors (Lipinski definition) is 2. The molecule has 0 saturated carbocycles. The minimum absolute atomic E-state index is 0.